The minimum atomic E-state index is -0.951. The number of aryl methyl sites for hydroxylation is 1. The van der Waals surface area contributed by atoms with Crippen molar-refractivity contribution < 1.29 is 4.74 Å². The molecular weight excluding hydrogens is 459 g/mol. The van der Waals surface area contributed by atoms with E-state index in [9.17, 15) is 0 Å². The van der Waals surface area contributed by atoms with Crippen LogP contribution in [0, 0.1) is 0 Å². The zero-order chi connectivity index (χ0) is 19.7. The molecule has 2 radical (unpaired) electrons. The van der Waals surface area contributed by atoms with Gasteiger partial charge < -0.3 is 0 Å². The summed E-state index contributed by atoms with van der Waals surface area (Å²) in [5.41, 5.74) is 2.90. The molecule has 3 aromatic heterocycles. The first-order valence-electron chi connectivity index (χ1n) is 9.76. The Balaban J connectivity index is 1.92. The van der Waals surface area contributed by atoms with Gasteiger partial charge in [-0.1, -0.05) is 0 Å². The number of anilines is 1. The van der Waals surface area contributed by atoms with E-state index in [-0.39, 0.29) is 3.43 Å². The van der Waals surface area contributed by atoms with Crippen molar-refractivity contribution in [3.8, 4) is 11.4 Å². The van der Waals surface area contributed by atoms with E-state index in [1.165, 1.54) is 0 Å². The van der Waals surface area contributed by atoms with Crippen LogP contribution in [0.15, 0.2) is 24.5 Å². The molecule has 0 N–H and O–H groups in total. The Morgan fingerprint density at radius 1 is 1.07 bits per heavy atom. The minimum absolute atomic E-state index is 0.282. The number of hydrogen-bond acceptors (Lipinski definition) is 6. The number of ether oxygens (including phenoxy) is 1. The van der Waals surface area contributed by atoms with Crippen LogP contribution < -0.4 is 8.74 Å². The summed E-state index contributed by atoms with van der Waals surface area (Å²) in [6, 6.07) is 4.00. The fourth-order valence-electron chi connectivity index (χ4n) is 3.39. The van der Waals surface area contributed by atoms with Crippen LogP contribution in [0.2, 0.25) is 3.43 Å². The summed E-state index contributed by atoms with van der Waals surface area (Å²) >= 11 is -0.951. The Hall–Kier alpha value is -1.74. The van der Waals surface area contributed by atoms with Crippen LogP contribution in [0.25, 0.3) is 22.6 Å². The van der Waals surface area contributed by atoms with Gasteiger partial charge in [-0.2, -0.15) is 0 Å². The predicted octanol–water partition coefficient (Wildman–Crippen LogP) is 2.29. The second-order valence-corrected chi connectivity index (χ2v) is 14.2. The van der Waals surface area contributed by atoms with Crippen LogP contribution in [0.4, 0.5) is 5.82 Å². The van der Waals surface area contributed by atoms with Gasteiger partial charge in [0, 0.05) is 0 Å². The Morgan fingerprint density at radius 2 is 1.79 bits per heavy atom. The molecule has 0 aliphatic carbocycles. The van der Waals surface area contributed by atoms with Gasteiger partial charge in [0.1, 0.15) is 0 Å². The Morgan fingerprint density at radius 3 is 2.43 bits per heavy atom. The number of morpholine rings is 1. The summed E-state index contributed by atoms with van der Waals surface area (Å²) in [6.45, 7) is 13.0. The third kappa shape index (κ3) is 4.00. The van der Waals surface area contributed by atoms with Crippen molar-refractivity contribution in [1.82, 2.24) is 24.5 Å². The fourth-order valence-corrected chi connectivity index (χ4v) is 6.23. The summed E-state index contributed by atoms with van der Waals surface area (Å²) in [5.74, 6) is 1.90. The van der Waals surface area contributed by atoms with Gasteiger partial charge in [-0.3, -0.25) is 0 Å². The molecular formula is C20H26N6OSn. The Kier molecular flexibility index (Phi) is 5.55. The Labute approximate surface area is 175 Å². The number of pyridine rings is 1. The molecule has 1 fully saturated rings. The molecule has 0 atom stereocenters. The van der Waals surface area contributed by atoms with Crippen molar-refractivity contribution in [2.75, 3.05) is 31.2 Å². The van der Waals surface area contributed by atoms with Crippen LogP contribution in [0.3, 0.4) is 0 Å². The number of nitrogens with zero attached hydrogens (tertiary/aromatic N) is 6. The van der Waals surface area contributed by atoms with Crippen LogP contribution in [0.1, 0.15) is 27.7 Å². The molecule has 0 bridgehead atoms. The molecule has 0 unspecified atom stereocenters. The number of imidazole rings is 1. The van der Waals surface area contributed by atoms with Gasteiger partial charge in [-0.25, -0.2) is 0 Å². The normalized spacial score (nSPS) is 15.4. The van der Waals surface area contributed by atoms with Gasteiger partial charge in [0.25, 0.3) is 0 Å². The van der Waals surface area contributed by atoms with E-state index < -0.39 is 21.1 Å². The summed E-state index contributed by atoms with van der Waals surface area (Å²) in [5, 5.41) is 0. The molecule has 0 saturated carbocycles. The zero-order valence-corrected chi connectivity index (χ0v) is 19.8. The fraction of sp³-hybridized carbons (Fsp3) is 0.500. The molecule has 3 aromatic rings. The first kappa shape index (κ1) is 19.6. The van der Waals surface area contributed by atoms with Crippen molar-refractivity contribution in [3.05, 3.63) is 24.5 Å². The maximum atomic E-state index is 5.56. The van der Waals surface area contributed by atoms with E-state index in [1.54, 1.807) is 0 Å². The molecule has 1 aliphatic heterocycles. The summed E-state index contributed by atoms with van der Waals surface area (Å²) < 4.78 is 9.09. The molecule has 0 spiro atoms. The average molecular weight is 485 g/mol. The number of aromatic nitrogens is 5. The van der Waals surface area contributed by atoms with Crippen molar-refractivity contribution in [2.45, 2.75) is 37.7 Å². The second kappa shape index (κ2) is 7.94. The number of hydrogen-bond donors (Lipinski definition) is 0. The van der Waals surface area contributed by atoms with Gasteiger partial charge in [-0.15, -0.1) is 0 Å². The van der Waals surface area contributed by atoms with Gasteiger partial charge in [0.15, 0.2) is 0 Å². The molecule has 1 aliphatic rings. The number of rotatable bonds is 4. The quantitative estimate of drug-likeness (QED) is 0.529. The molecule has 4 heterocycles. The van der Waals surface area contributed by atoms with Gasteiger partial charge >= 0.3 is 176 Å². The molecule has 4 rings (SSSR count). The van der Waals surface area contributed by atoms with Crippen molar-refractivity contribution in [2.24, 2.45) is 0 Å². The van der Waals surface area contributed by atoms with E-state index in [0.29, 0.717) is 0 Å². The molecule has 146 valence electrons. The van der Waals surface area contributed by atoms with Crippen LogP contribution in [-0.4, -0.2) is 71.9 Å². The van der Waals surface area contributed by atoms with E-state index in [1.807, 2.05) is 24.5 Å². The monoisotopic (exact) mass is 486 g/mol. The first-order valence-corrected chi connectivity index (χ1v) is 12.6. The van der Waals surface area contributed by atoms with E-state index >= 15 is 0 Å². The van der Waals surface area contributed by atoms with Crippen molar-refractivity contribution >= 4 is 42.0 Å². The van der Waals surface area contributed by atoms with Gasteiger partial charge in [0.2, 0.25) is 0 Å². The summed E-state index contributed by atoms with van der Waals surface area (Å²) in [6.07, 6.45) is 3.62. The topological polar surface area (TPSA) is 69.0 Å². The van der Waals surface area contributed by atoms with Gasteiger partial charge in [-0.05, 0) is 0 Å². The molecule has 28 heavy (non-hydrogen) atoms. The zero-order valence-electron chi connectivity index (χ0n) is 16.9. The van der Waals surface area contributed by atoms with Crippen LogP contribution >= 0.6 is 0 Å². The summed E-state index contributed by atoms with van der Waals surface area (Å²) in [7, 11) is 0. The van der Waals surface area contributed by atoms with E-state index in [4.69, 9.17) is 19.7 Å². The summed E-state index contributed by atoms with van der Waals surface area (Å²) in [4.78, 5) is 21.5. The average Bonchev–Trinajstić information content (AvgIpc) is 3.06. The van der Waals surface area contributed by atoms with E-state index in [0.717, 1.165) is 65.1 Å². The molecule has 0 aromatic carbocycles. The third-order valence-corrected chi connectivity index (χ3v) is 8.05. The van der Waals surface area contributed by atoms with Crippen LogP contribution in [0.5, 0.6) is 0 Å². The number of fused-ring (bicyclic) bond motifs is 1. The van der Waals surface area contributed by atoms with Crippen molar-refractivity contribution in [3.63, 3.8) is 0 Å². The molecule has 8 heteroatoms. The molecule has 0 amide bonds. The van der Waals surface area contributed by atoms with Crippen molar-refractivity contribution in [1.29, 1.82) is 0 Å². The predicted molar refractivity (Wildman–Crippen MR) is 112 cm³/mol. The maximum absolute atomic E-state index is 5.56. The standard InChI is InChI=1S/C16H17N6O.C4H9.Sn/c1-2-22-14(12-3-5-17-6-4-12)20-13-15(18-11-19-16(13)22)21-7-9-23-10-8-21;1-4(2)3;/h3-6H,2,7-10H2,1H3;1-3H3;. The molecule has 7 nitrogen and oxygen atoms in total. The molecule has 1 saturated heterocycles. The van der Waals surface area contributed by atoms with Gasteiger partial charge in [0.05, 0.1) is 0 Å². The van der Waals surface area contributed by atoms with Crippen LogP contribution in [-0.2, 0) is 11.3 Å². The second-order valence-electron chi connectivity index (χ2n) is 7.93. The third-order valence-electron chi connectivity index (χ3n) is 4.63. The first-order chi connectivity index (χ1) is 13.5. The SMILES string of the molecule is CCn1c(-c2ccncc2)nc2c(N3CCOCC3)n[c]([Sn][C](C)(C)C)nc21. The Bertz CT molecular complexity index is 960. The van der Waals surface area contributed by atoms with E-state index in [2.05, 4.69) is 42.1 Å².